The Morgan fingerprint density at radius 1 is 1.14 bits per heavy atom. The number of halogens is 1. The topological polar surface area (TPSA) is 80.7 Å². The minimum Gasteiger partial charge on any atom is -0.478 e. The second-order valence-electron chi connectivity index (χ2n) is 4.27. The first kappa shape index (κ1) is 15.5. The molecule has 0 saturated heterocycles. The maximum atomic E-state index is 11.7. The van der Waals surface area contributed by atoms with Gasteiger partial charge in [-0.05, 0) is 30.3 Å². The molecule has 0 bridgehead atoms. The van der Waals surface area contributed by atoms with Gasteiger partial charge in [0.1, 0.15) is 22.0 Å². The summed E-state index contributed by atoms with van der Waals surface area (Å²) in [5, 5.41) is 9.15. The molecule has 5 nitrogen and oxygen atoms in total. The van der Waals surface area contributed by atoms with Crippen LogP contribution in [0.3, 0.4) is 0 Å². The van der Waals surface area contributed by atoms with Crippen LogP contribution >= 0.6 is 15.9 Å². The zero-order chi connectivity index (χ0) is 15.6. The second-order valence-corrected chi connectivity index (χ2v) is 7.17. The van der Waals surface area contributed by atoms with Gasteiger partial charge in [-0.3, -0.25) is 0 Å². The Bertz CT molecular complexity index is 799. The van der Waals surface area contributed by atoms with Crippen molar-refractivity contribution < 1.29 is 23.1 Å². The normalized spacial score (nSPS) is 11.1. The Balaban J connectivity index is 2.54. The molecule has 0 aliphatic carbocycles. The summed E-state index contributed by atoms with van der Waals surface area (Å²) in [6, 6.07) is 10.5. The summed E-state index contributed by atoms with van der Waals surface area (Å²) in [6.07, 6.45) is 1.06. The maximum Gasteiger partial charge on any atom is 0.339 e. The van der Waals surface area contributed by atoms with Crippen molar-refractivity contribution in [2.45, 2.75) is 4.90 Å². The van der Waals surface area contributed by atoms with E-state index in [1.54, 1.807) is 18.2 Å². The van der Waals surface area contributed by atoms with E-state index in [4.69, 9.17) is 9.84 Å². The Kier molecular flexibility index (Phi) is 4.34. The molecule has 2 aromatic carbocycles. The molecule has 110 valence electrons. The molecule has 0 spiro atoms. The number of carboxylic acid groups (broad SMARTS) is 1. The highest BCUT2D eigenvalue weighted by atomic mass is 79.9. The average molecular weight is 371 g/mol. The van der Waals surface area contributed by atoms with Crippen LogP contribution in [-0.4, -0.2) is 25.7 Å². The van der Waals surface area contributed by atoms with Crippen LogP contribution < -0.4 is 4.74 Å². The molecule has 7 heteroatoms. The molecule has 0 aliphatic rings. The lowest BCUT2D eigenvalue weighted by atomic mass is 10.2. The van der Waals surface area contributed by atoms with E-state index in [0.717, 1.165) is 6.26 Å². The highest BCUT2D eigenvalue weighted by Gasteiger charge is 2.17. The molecule has 0 heterocycles. The SMILES string of the molecule is CS(=O)(=O)c1ccccc1Oc1cc(Br)ccc1C(=O)O. The van der Waals surface area contributed by atoms with E-state index >= 15 is 0 Å². The van der Waals surface area contributed by atoms with Crippen LogP contribution in [0.15, 0.2) is 51.8 Å². The number of hydrogen-bond acceptors (Lipinski definition) is 4. The lowest BCUT2D eigenvalue weighted by Gasteiger charge is -2.12. The van der Waals surface area contributed by atoms with E-state index in [0.29, 0.717) is 4.47 Å². The molecule has 1 N–H and O–H groups in total. The Labute approximate surface area is 130 Å². The molecule has 0 radical (unpaired) electrons. The predicted octanol–water partition coefficient (Wildman–Crippen LogP) is 3.34. The molecular formula is C14H11BrO5S. The number of sulfone groups is 1. The number of rotatable bonds is 4. The van der Waals surface area contributed by atoms with Gasteiger partial charge in [0.05, 0.1) is 0 Å². The van der Waals surface area contributed by atoms with Gasteiger partial charge in [0.25, 0.3) is 0 Å². The first-order valence-corrected chi connectivity index (χ1v) is 8.47. The number of ether oxygens (including phenoxy) is 1. The van der Waals surface area contributed by atoms with Gasteiger partial charge in [-0.2, -0.15) is 0 Å². The van der Waals surface area contributed by atoms with Crippen LogP contribution in [0, 0.1) is 0 Å². The number of aromatic carboxylic acids is 1. The predicted molar refractivity (Wildman–Crippen MR) is 80.7 cm³/mol. The van der Waals surface area contributed by atoms with Gasteiger partial charge in [0, 0.05) is 10.7 Å². The molecule has 0 fully saturated rings. The van der Waals surface area contributed by atoms with E-state index in [2.05, 4.69) is 15.9 Å². The van der Waals surface area contributed by atoms with E-state index in [1.165, 1.54) is 24.3 Å². The van der Waals surface area contributed by atoms with Gasteiger partial charge < -0.3 is 9.84 Å². The van der Waals surface area contributed by atoms with Gasteiger partial charge in [0.15, 0.2) is 9.84 Å². The molecule has 0 atom stereocenters. The minimum atomic E-state index is -3.48. The fourth-order valence-corrected chi connectivity index (χ4v) is 2.86. The van der Waals surface area contributed by atoms with Gasteiger partial charge in [-0.15, -0.1) is 0 Å². The Hall–Kier alpha value is -1.86. The fraction of sp³-hybridized carbons (Fsp3) is 0.0714. The van der Waals surface area contributed by atoms with Crippen molar-refractivity contribution in [2.75, 3.05) is 6.26 Å². The summed E-state index contributed by atoms with van der Waals surface area (Å²) in [5.74, 6) is -1.01. The Morgan fingerprint density at radius 3 is 2.43 bits per heavy atom. The summed E-state index contributed by atoms with van der Waals surface area (Å²) in [5.41, 5.74) is -0.0542. The first-order valence-electron chi connectivity index (χ1n) is 5.79. The summed E-state index contributed by atoms with van der Waals surface area (Å²) < 4.78 is 29.6. The average Bonchev–Trinajstić information content (AvgIpc) is 2.37. The monoisotopic (exact) mass is 370 g/mol. The Morgan fingerprint density at radius 2 is 1.81 bits per heavy atom. The molecule has 0 unspecified atom stereocenters. The van der Waals surface area contributed by atoms with E-state index < -0.39 is 15.8 Å². The molecule has 2 rings (SSSR count). The van der Waals surface area contributed by atoms with Crippen LogP contribution in [0.1, 0.15) is 10.4 Å². The number of benzene rings is 2. The van der Waals surface area contributed by atoms with Crippen molar-refractivity contribution in [1.82, 2.24) is 0 Å². The summed E-state index contributed by atoms with van der Waals surface area (Å²) in [4.78, 5) is 11.2. The number of hydrogen-bond donors (Lipinski definition) is 1. The van der Waals surface area contributed by atoms with E-state index in [9.17, 15) is 13.2 Å². The largest absolute Gasteiger partial charge is 0.478 e. The summed E-state index contributed by atoms with van der Waals surface area (Å²) in [7, 11) is -3.48. The summed E-state index contributed by atoms with van der Waals surface area (Å²) >= 11 is 3.23. The number of carbonyl (C=O) groups is 1. The maximum absolute atomic E-state index is 11.7. The highest BCUT2D eigenvalue weighted by molar-refractivity contribution is 9.10. The lowest BCUT2D eigenvalue weighted by molar-refractivity contribution is 0.0694. The summed E-state index contributed by atoms with van der Waals surface area (Å²) in [6.45, 7) is 0. The molecule has 2 aromatic rings. The van der Waals surface area contributed by atoms with Crippen LogP contribution in [0.2, 0.25) is 0 Å². The van der Waals surface area contributed by atoms with Crippen molar-refractivity contribution >= 4 is 31.7 Å². The third kappa shape index (κ3) is 3.62. The highest BCUT2D eigenvalue weighted by Crippen LogP contribution is 2.32. The molecule has 21 heavy (non-hydrogen) atoms. The second kappa shape index (κ2) is 5.87. The van der Waals surface area contributed by atoms with Gasteiger partial charge in [0.2, 0.25) is 0 Å². The van der Waals surface area contributed by atoms with Gasteiger partial charge in [-0.1, -0.05) is 28.1 Å². The van der Waals surface area contributed by atoms with Gasteiger partial charge in [-0.25, -0.2) is 13.2 Å². The quantitative estimate of drug-likeness (QED) is 0.892. The zero-order valence-corrected chi connectivity index (χ0v) is 13.3. The standard InChI is InChI=1S/C14H11BrO5S/c1-21(18,19)13-5-3-2-4-11(13)20-12-8-9(15)6-7-10(12)14(16)17/h2-8H,1H3,(H,16,17). The molecule has 0 aliphatic heterocycles. The van der Waals surface area contributed by atoms with Crippen molar-refractivity contribution in [3.63, 3.8) is 0 Å². The van der Waals surface area contributed by atoms with Crippen molar-refractivity contribution in [2.24, 2.45) is 0 Å². The van der Waals surface area contributed by atoms with E-state index in [1.807, 2.05) is 0 Å². The smallest absolute Gasteiger partial charge is 0.339 e. The van der Waals surface area contributed by atoms with E-state index in [-0.39, 0.29) is 22.0 Å². The first-order chi connectivity index (χ1) is 9.79. The molecule has 0 aromatic heterocycles. The molecule has 0 amide bonds. The fourth-order valence-electron chi connectivity index (χ4n) is 1.72. The van der Waals surface area contributed by atoms with Crippen molar-refractivity contribution in [3.05, 3.63) is 52.5 Å². The molecule has 0 saturated carbocycles. The van der Waals surface area contributed by atoms with Crippen molar-refractivity contribution in [3.8, 4) is 11.5 Å². The minimum absolute atomic E-state index is 0.00122. The van der Waals surface area contributed by atoms with Crippen molar-refractivity contribution in [1.29, 1.82) is 0 Å². The number of carboxylic acids is 1. The third-order valence-corrected chi connectivity index (χ3v) is 4.27. The zero-order valence-electron chi connectivity index (χ0n) is 10.9. The third-order valence-electron chi connectivity index (χ3n) is 2.64. The van der Waals surface area contributed by atoms with Crippen LogP contribution in [-0.2, 0) is 9.84 Å². The number of para-hydroxylation sites is 1. The van der Waals surface area contributed by atoms with Crippen LogP contribution in [0.25, 0.3) is 0 Å². The van der Waals surface area contributed by atoms with Crippen LogP contribution in [0.4, 0.5) is 0 Å². The van der Waals surface area contributed by atoms with Crippen LogP contribution in [0.5, 0.6) is 11.5 Å². The lowest BCUT2D eigenvalue weighted by Crippen LogP contribution is -2.03. The molecular weight excluding hydrogens is 360 g/mol. The van der Waals surface area contributed by atoms with Gasteiger partial charge >= 0.3 is 5.97 Å².